The Kier molecular flexibility index (Phi) is 6.81. The highest BCUT2D eigenvalue weighted by Crippen LogP contribution is 2.17. The molecule has 10 nitrogen and oxygen atoms in total. The van der Waals surface area contributed by atoms with Gasteiger partial charge < -0.3 is 20.2 Å². The summed E-state index contributed by atoms with van der Waals surface area (Å²) in [5.41, 5.74) is 1.78. The zero-order chi connectivity index (χ0) is 22.5. The fourth-order valence-electron chi connectivity index (χ4n) is 3.35. The number of nitrogens with one attached hydrogen (secondary N) is 3. The first kappa shape index (κ1) is 22.2. The molecule has 2 aromatic rings. The van der Waals surface area contributed by atoms with Gasteiger partial charge in [-0.25, -0.2) is 4.68 Å². The Balaban J connectivity index is 1.57. The maximum absolute atomic E-state index is 12.6. The summed E-state index contributed by atoms with van der Waals surface area (Å²) in [6, 6.07) is 9.10. The molecule has 2 amide bonds. The smallest absolute Gasteiger partial charge is 0.252 e. The lowest BCUT2D eigenvalue weighted by Crippen LogP contribution is -2.55. The molecule has 0 aliphatic carbocycles. The molecule has 3 rings (SSSR count). The minimum Gasteiger partial charge on any atom is -0.382 e. The molecule has 1 fully saturated rings. The van der Waals surface area contributed by atoms with Crippen LogP contribution in [0.15, 0.2) is 42.7 Å². The van der Waals surface area contributed by atoms with Crippen molar-refractivity contribution >= 4 is 24.0 Å². The molecule has 1 aliphatic rings. The van der Waals surface area contributed by atoms with Gasteiger partial charge in [0.05, 0.1) is 30.5 Å². The summed E-state index contributed by atoms with van der Waals surface area (Å²) in [6.07, 6.45) is 3.07. The highest BCUT2D eigenvalue weighted by molar-refractivity contribution is 5.96. The van der Waals surface area contributed by atoms with Crippen molar-refractivity contribution < 1.29 is 14.7 Å². The second kappa shape index (κ2) is 9.52. The number of nitrogens with zero attached hydrogens (tertiary/aromatic N) is 4. The fraction of sp³-hybridized carbons (Fsp3) is 0.381. The van der Waals surface area contributed by atoms with Gasteiger partial charge in [-0.05, 0) is 30.7 Å². The number of aliphatic hydroxyl groups excluding tert-OH is 1. The standard InChI is InChI=1S/C21H27N7O3/c1-14(19(29)21(31)26-10-11-27(13-22)18(23)12-26)20(30)25-15(2)16-4-6-17(7-5-16)28-9-3-8-24-28/h3-9,13-15,19,22-23,29H,10-12H2,1-2H3,(H,25,30)/t14-,15-,19-/m1/s1. The van der Waals surface area contributed by atoms with Crippen LogP contribution < -0.4 is 5.32 Å². The van der Waals surface area contributed by atoms with Gasteiger partial charge in [-0.2, -0.15) is 5.10 Å². The monoisotopic (exact) mass is 425 g/mol. The summed E-state index contributed by atoms with van der Waals surface area (Å²) in [5.74, 6) is -1.87. The van der Waals surface area contributed by atoms with Crippen molar-refractivity contribution in [3.05, 3.63) is 48.3 Å². The van der Waals surface area contributed by atoms with Crippen LogP contribution in [0.5, 0.6) is 0 Å². The van der Waals surface area contributed by atoms with E-state index in [1.165, 1.54) is 16.7 Å². The molecule has 0 bridgehead atoms. The summed E-state index contributed by atoms with van der Waals surface area (Å²) in [6.45, 7) is 3.93. The van der Waals surface area contributed by atoms with Crippen LogP contribution in [-0.2, 0) is 9.59 Å². The maximum atomic E-state index is 12.6. The normalized spacial score (nSPS) is 17.1. The largest absolute Gasteiger partial charge is 0.382 e. The molecule has 164 valence electrons. The molecule has 1 saturated heterocycles. The zero-order valence-corrected chi connectivity index (χ0v) is 17.5. The number of hydrogen-bond acceptors (Lipinski definition) is 6. The van der Waals surface area contributed by atoms with Crippen molar-refractivity contribution in [2.75, 3.05) is 19.6 Å². The quantitative estimate of drug-likeness (QED) is 0.383. The molecular weight excluding hydrogens is 398 g/mol. The second-order valence-electron chi connectivity index (χ2n) is 7.53. The van der Waals surface area contributed by atoms with Crippen LogP contribution >= 0.6 is 0 Å². The molecule has 1 aliphatic heterocycles. The summed E-state index contributed by atoms with van der Waals surface area (Å²) in [7, 11) is 0. The van der Waals surface area contributed by atoms with E-state index >= 15 is 0 Å². The number of rotatable bonds is 7. The van der Waals surface area contributed by atoms with Crippen LogP contribution in [0.2, 0.25) is 0 Å². The van der Waals surface area contributed by atoms with Gasteiger partial charge >= 0.3 is 0 Å². The van der Waals surface area contributed by atoms with Gasteiger partial charge in [-0.1, -0.05) is 19.1 Å². The van der Waals surface area contributed by atoms with Crippen molar-refractivity contribution in [1.29, 1.82) is 10.8 Å². The molecular formula is C21H27N7O3. The van der Waals surface area contributed by atoms with Gasteiger partial charge in [-0.3, -0.25) is 20.4 Å². The highest BCUT2D eigenvalue weighted by atomic mass is 16.3. The van der Waals surface area contributed by atoms with E-state index in [0.717, 1.165) is 17.6 Å². The number of amidine groups is 1. The third-order valence-electron chi connectivity index (χ3n) is 5.43. The van der Waals surface area contributed by atoms with Crippen LogP contribution in [0.1, 0.15) is 25.5 Å². The molecule has 0 spiro atoms. The Morgan fingerprint density at radius 3 is 2.52 bits per heavy atom. The molecule has 0 unspecified atom stereocenters. The lowest BCUT2D eigenvalue weighted by Gasteiger charge is -2.35. The van der Waals surface area contributed by atoms with Gasteiger partial charge in [0.2, 0.25) is 5.91 Å². The first-order valence-electron chi connectivity index (χ1n) is 10.0. The second-order valence-corrected chi connectivity index (χ2v) is 7.53. The maximum Gasteiger partial charge on any atom is 0.252 e. The average molecular weight is 425 g/mol. The SMILES string of the molecule is C[C@@H](NC(=O)[C@H](C)[C@@H](O)C(=O)N1CCN(C=N)C(=N)C1)c1ccc(-n2cccn2)cc1. The lowest BCUT2D eigenvalue weighted by atomic mass is 10.0. The molecule has 0 saturated carbocycles. The van der Waals surface area contributed by atoms with Crippen LogP contribution in [0.4, 0.5) is 0 Å². The number of benzene rings is 1. The first-order chi connectivity index (χ1) is 14.8. The van der Waals surface area contributed by atoms with Crippen molar-refractivity contribution in [3.63, 3.8) is 0 Å². The van der Waals surface area contributed by atoms with Gasteiger partial charge in [0.25, 0.3) is 5.91 Å². The zero-order valence-electron chi connectivity index (χ0n) is 17.5. The number of hydrogen-bond donors (Lipinski definition) is 4. The van der Waals surface area contributed by atoms with Crippen LogP contribution in [0.3, 0.4) is 0 Å². The molecule has 1 aromatic carbocycles. The van der Waals surface area contributed by atoms with Gasteiger partial charge in [0, 0.05) is 25.5 Å². The average Bonchev–Trinajstić information content (AvgIpc) is 3.32. The highest BCUT2D eigenvalue weighted by Gasteiger charge is 2.34. The van der Waals surface area contributed by atoms with E-state index in [1.54, 1.807) is 10.9 Å². The third-order valence-corrected chi connectivity index (χ3v) is 5.43. The van der Waals surface area contributed by atoms with Crippen molar-refractivity contribution in [3.8, 4) is 5.69 Å². The number of carbonyl (C=O) groups is 2. The Morgan fingerprint density at radius 2 is 1.94 bits per heavy atom. The van der Waals surface area contributed by atoms with E-state index in [2.05, 4.69) is 10.4 Å². The molecule has 1 aromatic heterocycles. The Labute approximate surface area is 180 Å². The van der Waals surface area contributed by atoms with E-state index in [-0.39, 0.29) is 25.0 Å². The lowest BCUT2D eigenvalue weighted by molar-refractivity contribution is -0.147. The van der Waals surface area contributed by atoms with Crippen molar-refractivity contribution in [1.82, 2.24) is 24.9 Å². The summed E-state index contributed by atoms with van der Waals surface area (Å²) < 4.78 is 1.73. The minimum atomic E-state index is -1.51. The van der Waals surface area contributed by atoms with Gasteiger partial charge in [0.1, 0.15) is 11.9 Å². The third kappa shape index (κ3) is 4.97. The number of aromatic nitrogens is 2. The molecule has 31 heavy (non-hydrogen) atoms. The van der Waals surface area contributed by atoms with E-state index in [4.69, 9.17) is 10.8 Å². The topological polar surface area (TPSA) is 138 Å². The van der Waals surface area contributed by atoms with E-state index < -0.39 is 23.8 Å². The van der Waals surface area contributed by atoms with Crippen molar-refractivity contribution in [2.45, 2.75) is 26.0 Å². The molecule has 4 N–H and O–H groups in total. The minimum absolute atomic E-state index is 0.00137. The fourth-order valence-corrected chi connectivity index (χ4v) is 3.35. The molecule has 0 radical (unpaired) electrons. The van der Waals surface area contributed by atoms with Crippen molar-refractivity contribution in [2.24, 2.45) is 5.92 Å². The van der Waals surface area contributed by atoms with E-state index in [1.807, 2.05) is 43.5 Å². The number of aliphatic hydroxyl groups is 1. The Hall–Kier alpha value is -3.53. The number of amides is 2. The van der Waals surface area contributed by atoms with Gasteiger partial charge in [0.15, 0.2) is 0 Å². The predicted molar refractivity (Wildman–Crippen MR) is 115 cm³/mol. The summed E-state index contributed by atoms with van der Waals surface area (Å²) in [5, 5.41) is 32.6. The molecule has 10 heteroatoms. The molecule has 2 heterocycles. The predicted octanol–water partition coefficient (Wildman–Crippen LogP) is 0.775. The summed E-state index contributed by atoms with van der Waals surface area (Å²) >= 11 is 0. The number of carbonyl (C=O) groups excluding carboxylic acids is 2. The summed E-state index contributed by atoms with van der Waals surface area (Å²) in [4.78, 5) is 28.0. The van der Waals surface area contributed by atoms with E-state index in [0.29, 0.717) is 6.54 Å². The molecule has 3 atom stereocenters. The van der Waals surface area contributed by atoms with E-state index in [9.17, 15) is 14.7 Å². The first-order valence-corrected chi connectivity index (χ1v) is 10.0. The number of piperazine rings is 1. The van der Waals surface area contributed by atoms with Crippen LogP contribution in [0.25, 0.3) is 5.69 Å². The Bertz CT molecular complexity index is 942. The van der Waals surface area contributed by atoms with Crippen LogP contribution in [-0.4, -0.2) is 74.4 Å². The van der Waals surface area contributed by atoms with Gasteiger partial charge in [-0.15, -0.1) is 0 Å². The van der Waals surface area contributed by atoms with Crippen LogP contribution in [0, 0.1) is 16.7 Å². The Morgan fingerprint density at radius 1 is 1.23 bits per heavy atom.